The SMILES string of the molecule is CO[C@H]1[C@H](n2cc(I)c(=O)[nH]c2=O)O[C@H](CO)[C@]1(O)C(C)=O. The van der Waals surface area contributed by atoms with Crippen molar-refractivity contribution >= 4 is 28.4 Å². The first kappa shape index (κ1) is 17.3. The number of aliphatic hydroxyl groups is 2. The molecule has 0 bridgehead atoms. The van der Waals surface area contributed by atoms with Crippen molar-refractivity contribution < 1.29 is 24.5 Å². The van der Waals surface area contributed by atoms with Crippen LogP contribution in [-0.2, 0) is 14.3 Å². The molecule has 1 saturated heterocycles. The highest BCUT2D eigenvalue weighted by Crippen LogP contribution is 2.39. The zero-order valence-corrected chi connectivity index (χ0v) is 13.9. The van der Waals surface area contributed by atoms with Crippen LogP contribution in [0.4, 0.5) is 0 Å². The second-order valence-electron chi connectivity index (χ2n) is 4.88. The minimum Gasteiger partial charge on any atom is -0.394 e. The third-order valence-electron chi connectivity index (χ3n) is 3.67. The second kappa shape index (κ2) is 6.20. The summed E-state index contributed by atoms with van der Waals surface area (Å²) in [6, 6.07) is 0. The van der Waals surface area contributed by atoms with Crippen LogP contribution in [0.1, 0.15) is 13.2 Å². The van der Waals surface area contributed by atoms with Gasteiger partial charge in [0.2, 0.25) is 0 Å². The zero-order valence-electron chi connectivity index (χ0n) is 11.8. The van der Waals surface area contributed by atoms with E-state index in [1.54, 1.807) is 22.6 Å². The van der Waals surface area contributed by atoms with E-state index in [0.29, 0.717) is 0 Å². The molecule has 1 aromatic rings. The van der Waals surface area contributed by atoms with Gasteiger partial charge in [0.05, 0.1) is 10.2 Å². The predicted octanol–water partition coefficient (Wildman–Crippen LogP) is -1.63. The Hall–Kier alpha value is -1.08. The molecular formula is C12H15IN2O7. The summed E-state index contributed by atoms with van der Waals surface area (Å²) < 4.78 is 11.8. The molecule has 1 aromatic heterocycles. The maximum Gasteiger partial charge on any atom is 0.330 e. The van der Waals surface area contributed by atoms with Crippen LogP contribution in [0.2, 0.25) is 0 Å². The minimum absolute atomic E-state index is 0.217. The monoisotopic (exact) mass is 426 g/mol. The highest BCUT2D eigenvalue weighted by atomic mass is 127. The van der Waals surface area contributed by atoms with E-state index < -0.39 is 47.7 Å². The number of methoxy groups -OCH3 is 1. The fourth-order valence-corrected chi connectivity index (χ4v) is 2.95. The van der Waals surface area contributed by atoms with Gasteiger partial charge in [0.1, 0.15) is 12.2 Å². The fraction of sp³-hybridized carbons (Fsp3) is 0.583. The molecule has 1 aliphatic rings. The van der Waals surface area contributed by atoms with Crippen LogP contribution in [0.25, 0.3) is 0 Å². The lowest BCUT2D eigenvalue weighted by molar-refractivity contribution is -0.154. The Morgan fingerprint density at radius 2 is 2.23 bits per heavy atom. The first-order valence-electron chi connectivity index (χ1n) is 6.30. The van der Waals surface area contributed by atoms with Gasteiger partial charge in [-0.3, -0.25) is 19.1 Å². The van der Waals surface area contributed by atoms with E-state index >= 15 is 0 Å². The van der Waals surface area contributed by atoms with Gasteiger partial charge >= 0.3 is 5.69 Å². The number of aromatic nitrogens is 2. The van der Waals surface area contributed by atoms with Crippen LogP contribution < -0.4 is 11.2 Å². The van der Waals surface area contributed by atoms with E-state index in [2.05, 4.69) is 4.98 Å². The van der Waals surface area contributed by atoms with E-state index in [-0.39, 0.29) is 3.57 Å². The van der Waals surface area contributed by atoms with Gasteiger partial charge in [0, 0.05) is 13.3 Å². The van der Waals surface area contributed by atoms with Crippen molar-refractivity contribution in [2.75, 3.05) is 13.7 Å². The summed E-state index contributed by atoms with van der Waals surface area (Å²) in [5.74, 6) is -0.659. The number of Topliss-reactive ketones (excluding diaryl/α,β-unsaturated/α-hetero) is 1. The van der Waals surface area contributed by atoms with Crippen LogP contribution in [0.3, 0.4) is 0 Å². The van der Waals surface area contributed by atoms with Gasteiger partial charge < -0.3 is 19.7 Å². The van der Waals surface area contributed by atoms with Crippen molar-refractivity contribution in [2.45, 2.75) is 31.0 Å². The average molecular weight is 426 g/mol. The molecule has 0 saturated carbocycles. The highest BCUT2D eigenvalue weighted by Gasteiger charge is 2.60. The summed E-state index contributed by atoms with van der Waals surface area (Å²) in [4.78, 5) is 37.3. The van der Waals surface area contributed by atoms with Crippen molar-refractivity contribution in [3.63, 3.8) is 0 Å². The number of ether oxygens (including phenoxy) is 2. The summed E-state index contributed by atoms with van der Waals surface area (Å²) in [5, 5.41) is 19.9. The second-order valence-corrected chi connectivity index (χ2v) is 6.04. The number of rotatable bonds is 4. The summed E-state index contributed by atoms with van der Waals surface area (Å²) in [7, 11) is 1.25. The molecule has 0 unspecified atom stereocenters. The number of H-pyrrole nitrogens is 1. The first-order chi connectivity index (χ1) is 10.3. The van der Waals surface area contributed by atoms with Crippen LogP contribution in [0, 0.1) is 3.57 Å². The van der Waals surface area contributed by atoms with Crippen LogP contribution in [0.15, 0.2) is 15.8 Å². The Kier molecular flexibility index (Phi) is 4.87. The number of hydrogen-bond donors (Lipinski definition) is 3. The summed E-state index contributed by atoms with van der Waals surface area (Å²) in [6.07, 6.45) is -2.41. The van der Waals surface area contributed by atoms with Gasteiger partial charge in [-0.2, -0.15) is 0 Å². The van der Waals surface area contributed by atoms with Crippen LogP contribution in [0.5, 0.6) is 0 Å². The number of ketones is 1. The third-order valence-corrected chi connectivity index (χ3v) is 4.44. The molecular weight excluding hydrogens is 411 g/mol. The van der Waals surface area contributed by atoms with Gasteiger partial charge in [-0.05, 0) is 29.5 Å². The molecule has 0 aromatic carbocycles. The van der Waals surface area contributed by atoms with Crippen molar-refractivity contribution in [3.8, 4) is 0 Å². The molecule has 4 atom stereocenters. The number of aliphatic hydroxyl groups excluding tert-OH is 1. The van der Waals surface area contributed by atoms with Gasteiger partial charge in [0.15, 0.2) is 17.6 Å². The van der Waals surface area contributed by atoms with Gasteiger partial charge in [-0.25, -0.2) is 4.79 Å². The summed E-state index contributed by atoms with van der Waals surface area (Å²) in [5.41, 5.74) is -3.44. The molecule has 0 spiro atoms. The molecule has 0 radical (unpaired) electrons. The van der Waals surface area contributed by atoms with E-state index in [1.165, 1.54) is 13.3 Å². The lowest BCUT2D eigenvalue weighted by Crippen LogP contribution is -2.55. The normalized spacial score (nSPS) is 31.4. The molecule has 22 heavy (non-hydrogen) atoms. The number of carbonyl (C=O) groups excluding carboxylic acids is 1. The van der Waals surface area contributed by atoms with Gasteiger partial charge in [0.25, 0.3) is 5.56 Å². The summed E-state index contributed by atoms with van der Waals surface area (Å²) in [6.45, 7) is 0.501. The molecule has 0 aliphatic carbocycles. The van der Waals surface area contributed by atoms with E-state index in [9.17, 15) is 24.6 Å². The van der Waals surface area contributed by atoms with E-state index in [0.717, 1.165) is 11.5 Å². The maximum atomic E-state index is 12.0. The lowest BCUT2D eigenvalue weighted by Gasteiger charge is -2.29. The number of carbonyl (C=O) groups is 1. The Morgan fingerprint density at radius 3 is 2.73 bits per heavy atom. The topological polar surface area (TPSA) is 131 Å². The third kappa shape index (κ3) is 2.54. The van der Waals surface area contributed by atoms with Crippen LogP contribution in [-0.4, -0.2) is 57.1 Å². The maximum absolute atomic E-state index is 12.0. The summed E-state index contributed by atoms with van der Waals surface area (Å²) >= 11 is 1.73. The molecule has 2 heterocycles. The molecule has 1 fully saturated rings. The number of nitrogens with zero attached hydrogens (tertiary/aromatic N) is 1. The number of nitrogens with one attached hydrogen (secondary N) is 1. The number of aromatic amines is 1. The Balaban J connectivity index is 2.57. The Morgan fingerprint density at radius 1 is 1.59 bits per heavy atom. The molecule has 1 aliphatic heterocycles. The molecule has 0 amide bonds. The largest absolute Gasteiger partial charge is 0.394 e. The van der Waals surface area contributed by atoms with Crippen molar-refractivity contribution in [1.82, 2.24) is 9.55 Å². The van der Waals surface area contributed by atoms with Crippen molar-refractivity contribution in [3.05, 3.63) is 30.6 Å². The number of hydrogen-bond acceptors (Lipinski definition) is 7. The van der Waals surface area contributed by atoms with E-state index in [4.69, 9.17) is 9.47 Å². The van der Waals surface area contributed by atoms with Crippen molar-refractivity contribution in [2.24, 2.45) is 0 Å². The van der Waals surface area contributed by atoms with Gasteiger partial charge in [-0.1, -0.05) is 0 Å². The average Bonchev–Trinajstić information content (AvgIpc) is 2.76. The standard InChI is InChI=1S/C12H15IN2O7/c1-5(17)12(20)7(4-16)22-10(8(12)21-2)15-3-6(13)9(18)14-11(15)19/h3,7-8,10,16,20H,4H2,1-2H3,(H,14,18,19)/t7-,8+,10-,12-/m1/s1. The zero-order chi connectivity index (χ0) is 16.7. The predicted molar refractivity (Wildman–Crippen MR) is 81.5 cm³/mol. The minimum atomic E-state index is -2.10. The molecule has 3 N–H and O–H groups in total. The highest BCUT2D eigenvalue weighted by molar-refractivity contribution is 14.1. The molecule has 10 heteroatoms. The molecule has 122 valence electrons. The smallest absolute Gasteiger partial charge is 0.330 e. The van der Waals surface area contributed by atoms with Crippen LogP contribution >= 0.6 is 22.6 Å². The Bertz CT molecular complexity index is 699. The quantitative estimate of drug-likeness (QED) is 0.493. The van der Waals surface area contributed by atoms with Gasteiger partial charge in [-0.15, -0.1) is 0 Å². The molecule has 9 nitrogen and oxygen atoms in total. The fourth-order valence-electron chi connectivity index (χ4n) is 2.51. The molecule has 2 rings (SSSR count). The lowest BCUT2D eigenvalue weighted by atomic mass is 9.88. The Labute approximate surface area is 138 Å². The van der Waals surface area contributed by atoms with Crippen molar-refractivity contribution in [1.29, 1.82) is 0 Å². The number of halogens is 1. The first-order valence-corrected chi connectivity index (χ1v) is 7.38. The van der Waals surface area contributed by atoms with E-state index in [1.807, 2.05) is 0 Å².